The summed E-state index contributed by atoms with van der Waals surface area (Å²) in [5.41, 5.74) is 0. The van der Waals surface area contributed by atoms with E-state index in [4.69, 9.17) is 11.6 Å². The Labute approximate surface area is 81.7 Å². The topological polar surface area (TPSA) is 0 Å². The molecule has 1 aliphatic rings. The van der Waals surface area contributed by atoms with E-state index in [-0.39, 0.29) is 0 Å². The van der Waals surface area contributed by atoms with Crippen molar-refractivity contribution in [2.24, 2.45) is 11.8 Å². The van der Waals surface area contributed by atoms with E-state index in [1.807, 2.05) is 0 Å². The lowest BCUT2D eigenvalue weighted by molar-refractivity contribution is 0.415. The summed E-state index contributed by atoms with van der Waals surface area (Å²) in [5.74, 6) is 2.73. The van der Waals surface area contributed by atoms with Crippen LogP contribution >= 0.6 is 11.6 Å². The third kappa shape index (κ3) is 3.35. The van der Waals surface area contributed by atoms with Crippen LogP contribution in [0.3, 0.4) is 0 Å². The van der Waals surface area contributed by atoms with Crippen molar-refractivity contribution >= 4 is 11.6 Å². The minimum absolute atomic E-state index is 0.827. The molecule has 2 unspecified atom stereocenters. The largest absolute Gasteiger partial charge is 0.126 e. The molecule has 2 atom stereocenters. The molecule has 0 bridgehead atoms. The monoisotopic (exact) mass is 188 g/mol. The first-order valence-corrected chi connectivity index (χ1v) is 5.96. The second-order valence-electron chi connectivity index (χ2n) is 4.18. The molecule has 1 aliphatic carbocycles. The number of hydrogen-bond donors (Lipinski definition) is 0. The zero-order valence-electron chi connectivity index (χ0n) is 8.19. The first kappa shape index (κ1) is 10.4. The van der Waals surface area contributed by atoms with E-state index < -0.39 is 0 Å². The Morgan fingerprint density at radius 3 is 2.42 bits per heavy atom. The van der Waals surface area contributed by atoms with E-state index in [0.717, 1.165) is 17.7 Å². The Bertz CT molecular complexity index is 112. The van der Waals surface area contributed by atoms with E-state index in [9.17, 15) is 0 Å². The second kappa shape index (κ2) is 5.85. The van der Waals surface area contributed by atoms with Gasteiger partial charge in [-0.2, -0.15) is 0 Å². The molecular weight excluding hydrogens is 168 g/mol. The van der Waals surface area contributed by atoms with Gasteiger partial charge in [0, 0.05) is 5.88 Å². The Morgan fingerprint density at radius 2 is 1.75 bits per heavy atom. The van der Waals surface area contributed by atoms with E-state index in [2.05, 4.69) is 6.92 Å². The number of rotatable bonds is 3. The minimum Gasteiger partial charge on any atom is -0.126 e. The first-order valence-electron chi connectivity index (χ1n) is 5.42. The second-order valence-corrected chi connectivity index (χ2v) is 4.49. The zero-order chi connectivity index (χ0) is 8.81. The Hall–Kier alpha value is 0.290. The Kier molecular flexibility index (Phi) is 5.06. The predicted octanol–water partition coefficient (Wildman–Crippen LogP) is 4.22. The molecule has 0 aliphatic heterocycles. The van der Waals surface area contributed by atoms with Crippen molar-refractivity contribution in [3.05, 3.63) is 0 Å². The lowest BCUT2D eigenvalue weighted by atomic mass is 9.95. The third-order valence-corrected chi connectivity index (χ3v) is 3.56. The highest BCUT2D eigenvalue weighted by atomic mass is 35.5. The van der Waals surface area contributed by atoms with E-state index in [1.54, 1.807) is 0 Å². The molecule has 0 saturated heterocycles. The van der Waals surface area contributed by atoms with Gasteiger partial charge in [0.15, 0.2) is 0 Å². The van der Waals surface area contributed by atoms with Crippen LogP contribution in [0.4, 0.5) is 0 Å². The maximum absolute atomic E-state index is 5.88. The van der Waals surface area contributed by atoms with Crippen LogP contribution < -0.4 is 0 Å². The summed E-state index contributed by atoms with van der Waals surface area (Å²) >= 11 is 5.88. The molecule has 1 heteroatoms. The lowest BCUT2D eigenvalue weighted by Gasteiger charge is -2.12. The van der Waals surface area contributed by atoms with Crippen LogP contribution in [0.1, 0.15) is 51.9 Å². The molecule has 0 N–H and O–H groups in total. The van der Waals surface area contributed by atoms with Gasteiger partial charge in [0.25, 0.3) is 0 Å². The van der Waals surface area contributed by atoms with Crippen molar-refractivity contribution in [1.29, 1.82) is 0 Å². The fourth-order valence-corrected chi connectivity index (χ4v) is 2.62. The van der Waals surface area contributed by atoms with Gasteiger partial charge in [-0.1, -0.05) is 39.0 Å². The van der Waals surface area contributed by atoms with E-state index in [1.165, 1.54) is 44.9 Å². The minimum atomic E-state index is 0.827. The number of halogens is 1. The maximum atomic E-state index is 5.88. The summed E-state index contributed by atoms with van der Waals surface area (Å²) in [6.07, 6.45) is 9.87. The van der Waals surface area contributed by atoms with Crippen LogP contribution in [0.25, 0.3) is 0 Å². The molecule has 0 amide bonds. The molecule has 0 aromatic carbocycles. The first-order chi connectivity index (χ1) is 5.86. The van der Waals surface area contributed by atoms with Crippen LogP contribution in [-0.2, 0) is 0 Å². The highest BCUT2D eigenvalue weighted by Gasteiger charge is 2.17. The summed E-state index contributed by atoms with van der Waals surface area (Å²) in [5, 5.41) is 0. The SMILES string of the molecule is CCCC1CCCC(CCl)CC1. The third-order valence-electron chi connectivity index (χ3n) is 3.12. The molecule has 0 aromatic heterocycles. The van der Waals surface area contributed by atoms with Gasteiger partial charge >= 0.3 is 0 Å². The standard InChI is InChI=1S/C11H21Cl/c1-2-4-10-5-3-6-11(9-12)8-7-10/h10-11H,2-9H2,1H3. The van der Waals surface area contributed by atoms with Crippen molar-refractivity contribution in [1.82, 2.24) is 0 Å². The highest BCUT2D eigenvalue weighted by Crippen LogP contribution is 2.30. The molecule has 0 nitrogen and oxygen atoms in total. The summed E-state index contributed by atoms with van der Waals surface area (Å²) in [6.45, 7) is 2.30. The van der Waals surface area contributed by atoms with Crippen LogP contribution in [0, 0.1) is 11.8 Å². The van der Waals surface area contributed by atoms with Gasteiger partial charge in [0.1, 0.15) is 0 Å². The molecule has 1 rings (SSSR count). The quantitative estimate of drug-likeness (QED) is 0.460. The van der Waals surface area contributed by atoms with Crippen LogP contribution in [0.15, 0.2) is 0 Å². The van der Waals surface area contributed by atoms with Crippen LogP contribution in [-0.4, -0.2) is 5.88 Å². The molecule has 0 spiro atoms. The smallest absolute Gasteiger partial charge is 0.0251 e. The normalized spacial score (nSPS) is 31.5. The molecule has 1 fully saturated rings. The van der Waals surface area contributed by atoms with Gasteiger partial charge in [0.2, 0.25) is 0 Å². The van der Waals surface area contributed by atoms with Gasteiger partial charge in [-0.05, 0) is 24.7 Å². The van der Waals surface area contributed by atoms with Gasteiger partial charge in [-0.25, -0.2) is 0 Å². The summed E-state index contributed by atoms with van der Waals surface area (Å²) in [7, 11) is 0. The number of hydrogen-bond acceptors (Lipinski definition) is 0. The fourth-order valence-electron chi connectivity index (χ4n) is 2.31. The molecular formula is C11H21Cl. The van der Waals surface area contributed by atoms with Gasteiger partial charge in [-0.3, -0.25) is 0 Å². The average molecular weight is 189 g/mol. The van der Waals surface area contributed by atoms with Gasteiger partial charge in [-0.15, -0.1) is 11.6 Å². The molecule has 1 saturated carbocycles. The zero-order valence-corrected chi connectivity index (χ0v) is 8.95. The molecule has 72 valence electrons. The van der Waals surface area contributed by atoms with Gasteiger partial charge < -0.3 is 0 Å². The van der Waals surface area contributed by atoms with Crippen molar-refractivity contribution in [3.63, 3.8) is 0 Å². The summed E-state index contributed by atoms with van der Waals surface area (Å²) in [6, 6.07) is 0. The van der Waals surface area contributed by atoms with Gasteiger partial charge in [0.05, 0.1) is 0 Å². The van der Waals surface area contributed by atoms with Crippen molar-refractivity contribution < 1.29 is 0 Å². The van der Waals surface area contributed by atoms with Crippen molar-refractivity contribution in [2.45, 2.75) is 51.9 Å². The molecule has 12 heavy (non-hydrogen) atoms. The van der Waals surface area contributed by atoms with Crippen LogP contribution in [0.2, 0.25) is 0 Å². The van der Waals surface area contributed by atoms with Crippen molar-refractivity contribution in [3.8, 4) is 0 Å². The number of alkyl halides is 1. The van der Waals surface area contributed by atoms with E-state index >= 15 is 0 Å². The lowest BCUT2D eigenvalue weighted by Crippen LogP contribution is -2.01. The summed E-state index contributed by atoms with van der Waals surface area (Å²) in [4.78, 5) is 0. The highest BCUT2D eigenvalue weighted by molar-refractivity contribution is 6.18. The fraction of sp³-hybridized carbons (Fsp3) is 1.00. The van der Waals surface area contributed by atoms with E-state index in [0.29, 0.717) is 0 Å². The van der Waals surface area contributed by atoms with Crippen molar-refractivity contribution in [2.75, 3.05) is 5.88 Å². The average Bonchev–Trinajstić information content (AvgIpc) is 2.31. The predicted molar refractivity (Wildman–Crippen MR) is 55.7 cm³/mol. The molecule has 0 heterocycles. The Balaban J connectivity index is 2.24. The maximum Gasteiger partial charge on any atom is 0.0251 e. The summed E-state index contributed by atoms with van der Waals surface area (Å²) < 4.78 is 0. The molecule has 0 aromatic rings. The molecule has 0 radical (unpaired) electrons. The Morgan fingerprint density at radius 1 is 1.08 bits per heavy atom. The van der Waals surface area contributed by atoms with Crippen LogP contribution in [0.5, 0.6) is 0 Å².